The molecule has 0 heterocycles. The molecule has 4 aromatic rings. The van der Waals surface area contributed by atoms with Gasteiger partial charge in [-0.1, -0.05) is 78.9 Å². The van der Waals surface area contributed by atoms with Gasteiger partial charge in [-0.2, -0.15) is 5.10 Å². The molecule has 158 valence electrons. The molecule has 0 aliphatic heterocycles. The van der Waals surface area contributed by atoms with Crippen molar-refractivity contribution in [3.63, 3.8) is 0 Å². The molecular formula is C26H21N3O3. The Morgan fingerprint density at radius 3 is 2.44 bits per heavy atom. The molecule has 0 radical (unpaired) electrons. The fourth-order valence-corrected chi connectivity index (χ4v) is 3.16. The standard InChI is InChI=1S/C26H21N3O3/c30-25(28-24-15-7-12-21-11-4-5-14-23(21)24)26(31)29-27-17-20-10-6-13-22(16-20)32-18-19-8-2-1-3-9-19/h1-17H,18H2,(H,28,30)(H,29,31). The van der Waals surface area contributed by atoms with Gasteiger partial charge in [-0.15, -0.1) is 0 Å². The largest absolute Gasteiger partial charge is 0.489 e. The molecule has 2 amide bonds. The van der Waals surface area contributed by atoms with Crippen LogP contribution < -0.4 is 15.5 Å². The first kappa shape index (κ1) is 20.8. The van der Waals surface area contributed by atoms with Crippen LogP contribution in [0.15, 0.2) is 102 Å². The molecule has 0 saturated carbocycles. The summed E-state index contributed by atoms with van der Waals surface area (Å²) in [5, 5.41) is 8.34. The highest BCUT2D eigenvalue weighted by molar-refractivity contribution is 6.40. The number of fused-ring (bicyclic) bond motifs is 1. The summed E-state index contributed by atoms with van der Waals surface area (Å²) in [5.41, 5.74) is 4.61. The summed E-state index contributed by atoms with van der Waals surface area (Å²) in [6, 6.07) is 30.3. The highest BCUT2D eigenvalue weighted by Crippen LogP contribution is 2.22. The predicted octanol–water partition coefficient (Wildman–Crippen LogP) is 4.51. The summed E-state index contributed by atoms with van der Waals surface area (Å²) in [7, 11) is 0. The van der Waals surface area contributed by atoms with Crippen molar-refractivity contribution in [1.29, 1.82) is 0 Å². The van der Waals surface area contributed by atoms with Gasteiger partial charge in [0.15, 0.2) is 0 Å². The van der Waals surface area contributed by atoms with Crippen molar-refractivity contribution < 1.29 is 14.3 Å². The monoisotopic (exact) mass is 423 g/mol. The Morgan fingerprint density at radius 2 is 1.56 bits per heavy atom. The topological polar surface area (TPSA) is 79.8 Å². The van der Waals surface area contributed by atoms with Crippen molar-refractivity contribution in [2.45, 2.75) is 6.61 Å². The maximum atomic E-state index is 12.3. The minimum absolute atomic E-state index is 0.451. The molecule has 2 N–H and O–H groups in total. The van der Waals surface area contributed by atoms with E-state index in [1.165, 1.54) is 6.21 Å². The zero-order chi connectivity index (χ0) is 22.2. The zero-order valence-electron chi connectivity index (χ0n) is 17.2. The van der Waals surface area contributed by atoms with Crippen molar-refractivity contribution in [3.8, 4) is 5.75 Å². The van der Waals surface area contributed by atoms with E-state index < -0.39 is 11.8 Å². The molecular weight excluding hydrogens is 402 g/mol. The summed E-state index contributed by atoms with van der Waals surface area (Å²) in [6.07, 6.45) is 1.46. The van der Waals surface area contributed by atoms with Crippen LogP contribution in [0.3, 0.4) is 0 Å². The number of nitrogens with one attached hydrogen (secondary N) is 2. The van der Waals surface area contributed by atoms with Crippen molar-refractivity contribution in [1.82, 2.24) is 5.43 Å². The number of ether oxygens (including phenoxy) is 1. The third kappa shape index (κ3) is 5.37. The molecule has 0 spiro atoms. The van der Waals surface area contributed by atoms with Gasteiger partial charge in [-0.3, -0.25) is 9.59 Å². The van der Waals surface area contributed by atoms with Gasteiger partial charge in [0.1, 0.15) is 12.4 Å². The summed E-state index contributed by atoms with van der Waals surface area (Å²) in [4.78, 5) is 24.4. The minimum atomic E-state index is -0.856. The normalized spacial score (nSPS) is 10.8. The Bertz CT molecular complexity index is 1260. The van der Waals surface area contributed by atoms with E-state index in [9.17, 15) is 9.59 Å². The Balaban J connectivity index is 1.33. The van der Waals surface area contributed by atoms with Crippen molar-refractivity contribution in [2.75, 3.05) is 5.32 Å². The maximum Gasteiger partial charge on any atom is 0.329 e. The fraction of sp³-hybridized carbons (Fsp3) is 0.0385. The number of hydrogen-bond acceptors (Lipinski definition) is 4. The summed E-state index contributed by atoms with van der Waals surface area (Å²) >= 11 is 0. The van der Waals surface area contributed by atoms with E-state index in [-0.39, 0.29) is 0 Å². The molecule has 4 rings (SSSR count). The van der Waals surface area contributed by atoms with Gasteiger partial charge in [0.2, 0.25) is 0 Å². The Labute approximate surface area is 185 Å². The lowest BCUT2D eigenvalue weighted by molar-refractivity contribution is -0.136. The Hall–Kier alpha value is -4.45. The molecule has 0 fully saturated rings. The van der Waals surface area contributed by atoms with Crippen molar-refractivity contribution in [2.24, 2.45) is 5.10 Å². The molecule has 0 bridgehead atoms. The molecule has 6 heteroatoms. The van der Waals surface area contributed by atoms with Gasteiger partial charge in [-0.25, -0.2) is 5.43 Å². The molecule has 0 unspecified atom stereocenters. The van der Waals surface area contributed by atoms with Crippen molar-refractivity contribution in [3.05, 3.63) is 108 Å². The number of hydrogen-bond donors (Lipinski definition) is 2. The van der Waals surface area contributed by atoms with Gasteiger partial charge in [0, 0.05) is 11.1 Å². The number of anilines is 1. The van der Waals surface area contributed by atoms with Crippen LogP contribution in [0.4, 0.5) is 5.69 Å². The summed E-state index contributed by atoms with van der Waals surface area (Å²) in [6.45, 7) is 0.451. The second-order valence-corrected chi connectivity index (χ2v) is 7.03. The molecule has 0 aromatic heterocycles. The summed E-state index contributed by atoms with van der Waals surface area (Å²) in [5.74, 6) is -0.970. The first-order chi connectivity index (χ1) is 15.7. The average Bonchev–Trinajstić information content (AvgIpc) is 2.84. The Morgan fingerprint density at radius 1 is 0.812 bits per heavy atom. The van der Waals surface area contributed by atoms with Gasteiger partial charge in [-0.05, 0) is 34.7 Å². The maximum absolute atomic E-state index is 12.3. The van der Waals surface area contributed by atoms with Crippen LogP contribution >= 0.6 is 0 Å². The fourth-order valence-electron chi connectivity index (χ4n) is 3.16. The zero-order valence-corrected chi connectivity index (χ0v) is 17.2. The number of nitrogens with zero attached hydrogens (tertiary/aromatic N) is 1. The van der Waals surface area contributed by atoms with Crippen LogP contribution in [-0.2, 0) is 16.2 Å². The highest BCUT2D eigenvalue weighted by atomic mass is 16.5. The smallest absolute Gasteiger partial charge is 0.329 e. The molecule has 0 atom stereocenters. The molecule has 0 aliphatic carbocycles. The lowest BCUT2D eigenvalue weighted by atomic mass is 10.1. The number of carbonyl (C=O) groups excluding carboxylic acids is 2. The predicted molar refractivity (Wildman–Crippen MR) is 126 cm³/mol. The van der Waals surface area contributed by atoms with E-state index in [1.807, 2.05) is 84.9 Å². The van der Waals surface area contributed by atoms with E-state index in [2.05, 4.69) is 15.8 Å². The SMILES string of the molecule is O=C(NN=Cc1cccc(OCc2ccccc2)c1)C(=O)Nc1cccc2ccccc12. The molecule has 4 aromatic carbocycles. The molecule has 6 nitrogen and oxygen atoms in total. The van der Waals surface area contributed by atoms with E-state index in [0.717, 1.165) is 21.9 Å². The summed E-state index contributed by atoms with van der Waals surface area (Å²) < 4.78 is 5.79. The van der Waals surface area contributed by atoms with Crippen LogP contribution in [0, 0.1) is 0 Å². The number of benzene rings is 4. The van der Waals surface area contributed by atoms with E-state index in [0.29, 0.717) is 18.0 Å². The lowest BCUT2D eigenvalue weighted by Gasteiger charge is -2.08. The minimum Gasteiger partial charge on any atom is -0.489 e. The number of hydrazone groups is 1. The van der Waals surface area contributed by atoms with Gasteiger partial charge < -0.3 is 10.1 Å². The lowest BCUT2D eigenvalue weighted by Crippen LogP contribution is -2.32. The van der Waals surface area contributed by atoms with Crippen molar-refractivity contribution >= 4 is 34.5 Å². The van der Waals surface area contributed by atoms with Crippen LogP contribution in [0.25, 0.3) is 10.8 Å². The first-order valence-corrected chi connectivity index (χ1v) is 10.1. The second-order valence-electron chi connectivity index (χ2n) is 7.03. The Kier molecular flexibility index (Phi) is 6.53. The first-order valence-electron chi connectivity index (χ1n) is 10.1. The quantitative estimate of drug-likeness (QED) is 0.272. The van der Waals surface area contributed by atoms with Gasteiger partial charge in [0.25, 0.3) is 0 Å². The van der Waals surface area contributed by atoms with Crippen LogP contribution in [0.1, 0.15) is 11.1 Å². The molecule has 0 aliphatic rings. The number of amides is 2. The van der Waals surface area contributed by atoms with Gasteiger partial charge >= 0.3 is 11.8 Å². The van der Waals surface area contributed by atoms with E-state index >= 15 is 0 Å². The third-order valence-corrected chi connectivity index (χ3v) is 4.73. The van der Waals surface area contributed by atoms with E-state index in [4.69, 9.17) is 4.74 Å². The van der Waals surface area contributed by atoms with Gasteiger partial charge in [0.05, 0.1) is 6.21 Å². The van der Waals surface area contributed by atoms with Crippen LogP contribution in [0.2, 0.25) is 0 Å². The van der Waals surface area contributed by atoms with Crippen LogP contribution in [-0.4, -0.2) is 18.0 Å². The van der Waals surface area contributed by atoms with E-state index in [1.54, 1.807) is 12.1 Å². The second kappa shape index (κ2) is 10.0. The average molecular weight is 423 g/mol. The molecule has 32 heavy (non-hydrogen) atoms. The number of rotatable bonds is 6. The van der Waals surface area contributed by atoms with Crippen LogP contribution in [0.5, 0.6) is 5.75 Å². The molecule has 0 saturated heterocycles. The number of carbonyl (C=O) groups is 2. The highest BCUT2D eigenvalue weighted by Gasteiger charge is 2.14. The third-order valence-electron chi connectivity index (χ3n) is 4.73.